The molecule has 62 valence electrons. The molecule has 0 saturated heterocycles. The van der Waals surface area contributed by atoms with Gasteiger partial charge in [0.1, 0.15) is 6.54 Å². The Morgan fingerprint density at radius 3 is 2.82 bits per heavy atom. The van der Waals surface area contributed by atoms with Crippen molar-refractivity contribution in [2.24, 2.45) is 0 Å². The zero-order chi connectivity index (χ0) is 8.69. The predicted octanol–water partition coefficient (Wildman–Crippen LogP) is 0.00488. The Hall–Kier alpha value is -1.08. The summed E-state index contributed by atoms with van der Waals surface area (Å²) >= 11 is 0. The van der Waals surface area contributed by atoms with Gasteiger partial charge in [0, 0.05) is 14.2 Å². The molecule has 0 atom stereocenters. The van der Waals surface area contributed by atoms with Gasteiger partial charge in [-0.2, -0.15) is 5.26 Å². The third kappa shape index (κ3) is 4.34. The Morgan fingerprint density at radius 2 is 2.36 bits per heavy atom. The van der Waals surface area contributed by atoms with E-state index in [0.717, 1.165) is 0 Å². The molecule has 0 aromatic carbocycles. The number of carbonyl (C=O) groups is 1. The molecular formula is C7H12N2O2. The van der Waals surface area contributed by atoms with Gasteiger partial charge >= 0.3 is 0 Å². The molecule has 0 heterocycles. The third-order valence-corrected chi connectivity index (χ3v) is 1.25. The Balaban J connectivity index is 3.57. The smallest absolute Gasteiger partial charge is 0.225 e. The molecule has 0 rings (SSSR count). The molecule has 0 saturated carbocycles. The summed E-state index contributed by atoms with van der Waals surface area (Å²) in [6.07, 6.45) is 0.342. The largest absolute Gasteiger partial charge is 0.384 e. The molecule has 0 unspecified atom stereocenters. The van der Waals surface area contributed by atoms with E-state index in [4.69, 9.17) is 10.00 Å². The van der Waals surface area contributed by atoms with Crippen LogP contribution in [0.2, 0.25) is 0 Å². The van der Waals surface area contributed by atoms with Crippen molar-refractivity contribution in [3.05, 3.63) is 0 Å². The lowest BCUT2D eigenvalue weighted by Gasteiger charge is -2.11. The van der Waals surface area contributed by atoms with Crippen molar-refractivity contribution in [1.29, 1.82) is 5.26 Å². The van der Waals surface area contributed by atoms with Gasteiger partial charge in [0.2, 0.25) is 5.91 Å². The van der Waals surface area contributed by atoms with E-state index in [-0.39, 0.29) is 12.5 Å². The number of methoxy groups -OCH3 is 1. The van der Waals surface area contributed by atoms with Gasteiger partial charge < -0.3 is 9.64 Å². The second-order valence-electron chi connectivity index (χ2n) is 2.15. The van der Waals surface area contributed by atoms with Gasteiger partial charge in [-0.1, -0.05) is 0 Å². The summed E-state index contributed by atoms with van der Waals surface area (Å²) in [4.78, 5) is 12.4. The summed E-state index contributed by atoms with van der Waals surface area (Å²) in [5, 5.41) is 8.24. The van der Waals surface area contributed by atoms with Gasteiger partial charge in [0.15, 0.2) is 0 Å². The molecule has 0 aromatic heterocycles. The molecule has 4 heteroatoms. The summed E-state index contributed by atoms with van der Waals surface area (Å²) in [5.41, 5.74) is 0. The van der Waals surface area contributed by atoms with Crippen LogP contribution in [0.5, 0.6) is 0 Å². The first kappa shape index (κ1) is 9.92. The summed E-state index contributed by atoms with van der Waals surface area (Å²) in [5.74, 6) is -0.0617. The Labute approximate surface area is 66.4 Å². The molecule has 0 radical (unpaired) electrons. The van der Waals surface area contributed by atoms with Crippen LogP contribution in [0, 0.1) is 11.3 Å². The highest BCUT2D eigenvalue weighted by Gasteiger charge is 2.05. The van der Waals surface area contributed by atoms with E-state index < -0.39 is 0 Å². The van der Waals surface area contributed by atoms with Gasteiger partial charge in [-0.25, -0.2) is 0 Å². The number of nitriles is 1. The van der Waals surface area contributed by atoms with Crippen LogP contribution in [0.3, 0.4) is 0 Å². The van der Waals surface area contributed by atoms with Crippen molar-refractivity contribution in [3.8, 4) is 6.07 Å². The van der Waals surface area contributed by atoms with Crippen LogP contribution in [0.1, 0.15) is 6.42 Å². The molecule has 0 aliphatic rings. The minimum Gasteiger partial charge on any atom is -0.384 e. The van der Waals surface area contributed by atoms with Crippen LogP contribution in [-0.2, 0) is 9.53 Å². The summed E-state index contributed by atoms with van der Waals surface area (Å²) in [6.45, 7) is 0.553. The zero-order valence-electron chi connectivity index (χ0n) is 6.83. The van der Waals surface area contributed by atoms with E-state index in [2.05, 4.69) is 0 Å². The maximum Gasteiger partial charge on any atom is 0.225 e. The van der Waals surface area contributed by atoms with Gasteiger partial charge in [-0.15, -0.1) is 0 Å². The van der Waals surface area contributed by atoms with Crippen molar-refractivity contribution in [2.75, 3.05) is 27.3 Å². The Morgan fingerprint density at radius 1 is 1.73 bits per heavy atom. The highest BCUT2D eigenvalue weighted by Crippen LogP contribution is 1.89. The van der Waals surface area contributed by atoms with E-state index >= 15 is 0 Å². The van der Waals surface area contributed by atoms with Gasteiger partial charge in [-0.3, -0.25) is 4.79 Å². The number of hydrogen-bond acceptors (Lipinski definition) is 3. The summed E-state index contributed by atoms with van der Waals surface area (Å²) in [7, 11) is 3.14. The Kier molecular flexibility index (Phi) is 5.13. The predicted molar refractivity (Wildman–Crippen MR) is 39.7 cm³/mol. The molecule has 0 bridgehead atoms. The molecule has 0 spiro atoms. The van der Waals surface area contributed by atoms with Gasteiger partial charge in [0.25, 0.3) is 0 Å². The molecular weight excluding hydrogens is 144 g/mol. The summed E-state index contributed by atoms with van der Waals surface area (Å²) < 4.78 is 4.71. The fraction of sp³-hybridized carbons (Fsp3) is 0.714. The van der Waals surface area contributed by atoms with Crippen LogP contribution in [-0.4, -0.2) is 38.1 Å². The minimum absolute atomic E-state index is 0.0617. The van der Waals surface area contributed by atoms with E-state index in [1.165, 1.54) is 12.0 Å². The SMILES string of the molecule is COCCC(=O)N(C)CC#N. The molecule has 0 aliphatic heterocycles. The van der Waals surface area contributed by atoms with E-state index in [1.807, 2.05) is 6.07 Å². The van der Waals surface area contributed by atoms with Crippen molar-refractivity contribution in [2.45, 2.75) is 6.42 Å². The Bertz CT molecular complexity index is 162. The first-order valence-corrected chi connectivity index (χ1v) is 3.32. The lowest BCUT2D eigenvalue weighted by Crippen LogP contribution is -2.27. The lowest BCUT2D eigenvalue weighted by atomic mass is 10.4. The number of carbonyl (C=O) groups excluding carboxylic acids is 1. The second kappa shape index (κ2) is 5.69. The minimum atomic E-state index is -0.0617. The quantitative estimate of drug-likeness (QED) is 0.538. The number of ether oxygens (including phenoxy) is 1. The molecule has 1 amide bonds. The van der Waals surface area contributed by atoms with Crippen LogP contribution < -0.4 is 0 Å². The highest BCUT2D eigenvalue weighted by atomic mass is 16.5. The normalized spacial score (nSPS) is 8.82. The van der Waals surface area contributed by atoms with E-state index in [0.29, 0.717) is 13.0 Å². The maximum absolute atomic E-state index is 11.0. The average Bonchev–Trinajstić information content (AvgIpc) is 2.00. The molecule has 0 aromatic rings. The van der Waals surface area contributed by atoms with Crippen LogP contribution in [0.4, 0.5) is 0 Å². The zero-order valence-corrected chi connectivity index (χ0v) is 6.83. The van der Waals surface area contributed by atoms with Crippen LogP contribution in [0.25, 0.3) is 0 Å². The van der Waals surface area contributed by atoms with Crippen LogP contribution >= 0.6 is 0 Å². The van der Waals surface area contributed by atoms with E-state index in [9.17, 15) is 4.79 Å². The van der Waals surface area contributed by atoms with Gasteiger partial charge in [-0.05, 0) is 0 Å². The van der Waals surface area contributed by atoms with Crippen molar-refractivity contribution >= 4 is 5.91 Å². The van der Waals surface area contributed by atoms with Crippen molar-refractivity contribution in [1.82, 2.24) is 4.90 Å². The second-order valence-corrected chi connectivity index (χ2v) is 2.15. The van der Waals surface area contributed by atoms with Crippen molar-refractivity contribution in [3.63, 3.8) is 0 Å². The topological polar surface area (TPSA) is 53.3 Å². The highest BCUT2D eigenvalue weighted by molar-refractivity contribution is 5.76. The average molecular weight is 156 g/mol. The first-order valence-electron chi connectivity index (χ1n) is 3.32. The molecule has 0 N–H and O–H groups in total. The van der Waals surface area contributed by atoms with Crippen LogP contribution in [0.15, 0.2) is 0 Å². The number of amides is 1. The standard InChI is InChI=1S/C7H12N2O2/c1-9(5-4-8)7(10)3-6-11-2/h3,5-6H2,1-2H3. The third-order valence-electron chi connectivity index (χ3n) is 1.25. The summed E-state index contributed by atoms with van der Waals surface area (Å²) in [6, 6.07) is 1.89. The first-order chi connectivity index (χ1) is 5.22. The maximum atomic E-state index is 11.0. The number of nitrogens with zero attached hydrogens (tertiary/aromatic N) is 2. The number of hydrogen-bond donors (Lipinski definition) is 0. The van der Waals surface area contributed by atoms with E-state index in [1.54, 1.807) is 7.05 Å². The van der Waals surface area contributed by atoms with Crippen molar-refractivity contribution < 1.29 is 9.53 Å². The molecule has 4 nitrogen and oxygen atoms in total. The fourth-order valence-corrected chi connectivity index (χ4v) is 0.574. The molecule has 0 fully saturated rings. The molecule has 0 aliphatic carbocycles. The fourth-order valence-electron chi connectivity index (χ4n) is 0.574. The van der Waals surface area contributed by atoms with Gasteiger partial charge in [0.05, 0.1) is 19.1 Å². The monoisotopic (exact) mass is 156 g/mol. The number of rotatable bonds is 4. The molecule has 11 heavy (non-hydrogen) atoms. The lowest BCUT2D eigenvalue weighted by molar-refractivity contribution is -0.130.